The average Bonchev–Trinajstić information content (AvgIpc) is 2.15. The van der Waals surface area contributed by atoms with Gasteiger partial charge in [0.05, 0.1) is 19.4 Å². The van der Waals surface area contributed by atoms with Gasteiger partial charge in [0.2, 0.25) is 0 Å². The number of aliphatic hydroxyl groups excluding tert-OH is 1. The third kappa shape index (κ3) is 11.5. The summed E-state index contributed by atoms with van der Waals surface area (Å²) < 4.78 is 0. The van der Waals surface area contributed by atoms with Gasteiger partial charge in [0.15, 0.2) is 5.60 Å². The predicted octanol–water partition coefficient (Wildman–Crippen LogP) is -2.31. The Morgan fingerprint density at radius 3 is 1.39 bits per heavy atom. The zero-order valence-corrected chi connectivity index (χ0v) is 10.7. The molecule has 7 N–H and O–H groups in total. The van der Waals surface area contributed by atoms with Crippen molar-refractivity contribution in [1.29, 1.82) is 0 Å². The molecule has 0 aliphatic carbocycles. The van der Waals surface area contributed by atoms with Gasteiger partial charge >= 0.3 is 17.9 Å². The summed E-state index contributed by atoms with van der Waals surface area (Å²) in [6, 6.07) is 0. The van der Waals surface area contributed by atoms with Crippen LogP contribution in [-0.4, -0.2) is 62.2 Å². The largest absolute Gasteiger partial charge is 0.481 e. The molecule has 111 valence electrons. The fourth-order valence-electron chi connectivity index (χ4n) is 0.714. The first-order chi connectivity index (χ1) is 7.69. The van der Waals surface area contributed by atoms with Crippen LogP contribution in [0.5, 0.6) is 0 Å². The van der Waals surface area contributed by atoms with Crippen molar-refractivity contribution in [1.82, 2.24) is 0 Å². The van der Waals surface area contributed by atoms with Gasteiger partial charge in [-0.05, 0) is 0 Å². The first kappa shape index (κ1) is 22.2. The first-order valence-corrected chi connectivity index (χ1v) is 4.40. The summed E-state index contributed by atoms with van der Waals surface area (Å²) in [5.41, 5.74) is 2.04. The maximum atomic E-state index is 10.3. The Hall–Kier alpha value is -0.970. The van der Waals surface area contributed by atoms with Crippen molar-refractivity contribution >= 4 is 17.9 Å². The fourth-order valence-corrected chi connectivity index (χ4v) is 0.714. The molecule has 0 aromatic heterocycles. The quantitative estimate of drug-likeness (QED) is 0.283. The van der Waals surface area contributed by atoms with Crippen LogP contribution in [0, 0.1) is 0 Å². The molecular formula is C8H15AgNO8. The number of aliphatic hydroxyl groups is 2. The van der Waals surface area contributed by atoms with E-state index in [1.54, 1.807) is 0 Å². The molecule has 0 aliphatic heterocycles. The minimum absolute atomic E-state index is 0. The summed E-state index contributed by atoms with van der Waals surface area (Å²) >= 11 is 0. The van der Waals surface area contributed by atoms with Gasteiger partial charge in [-0.1, -0.05) is 0 Å². The standard InChI is InChI=1S/C6H8O7.C2H7NO.Ag/c7-3(8)1-6(13,5(11)12)2-4(9)10;3-1-2-4;/h13H,1-2H2,(H,7,8)(H,9,10)(H,11,12);4H,1-3H2;. The second kappa shape index (κ2) is 11.1. The van der Waals surface area contributed by atoms with E-state index in [1.807, 2.05) is 0 Å². The maximum Gasteiger partial charge on any atom is 0.336 e. The van der Waals surface area contributed by atoms with Gasteiger partial charge in [0, 0.05) is 28.9 Å². The molecule has 0 rings (SSSR count). The van der Waals surface area contributed by atoms with Crippen molar-refractivity contribution < 1.29 is 62.3 Å². The summed E-state index contributed by atoms with van der Waals surface area (Å²) in [4.78, 5) is 30.5. The van der Waals surface area contributed by atoms with Gasteiger partial charge in [0.25, 0.3) is 0 Å². The van der Waals surface area contributed by atoms with Crippen LogP contribution in [0.25, 0.3) is 0 Å². The van der Waals surface area contributed by atoms with Crippen molar-refractivity contribution in [2.45, 2.75) is 18.4 Å². The second-order valence-corrected chi connectivity index (χ2v) is 2.99. The molecule has 0 aliphatic rings. The van der Waals surface area contributed by atoms with Crippen molar-refractivity contribution in [3.8, 4) is 0 Å². The predicted molar refractivity (Wildman–Crippen MR) is 53.2 cm³/mol. The Morgan fingerprint density at radius 2 is 1.28 bits per heavy atom. The van der Waals surface area contributed by atoms with Crippen LogP contribution >= 0.6 is 0 Å². The van der Waals surface area contributed by atoms with Gasteiger partial charge in [-0.2, -0.15) is 0 Å². The van der Waals surface area contributed by atoms with Crippen molar-refractivity contribution in [3.63, 3.8) is 0 Å². The van der Waals surface area contributed by atoms with Crippen LogP contribution in [0.4, 0.5) is 0 Å². The maximum absolute atomic E-state index is 10.3. The molecule has 0 saturated carbocycles. The van der Waals surface area contributed by atoms with E-state index in [4.69, 9.17) is 31.3 Å². The molecule has 1 radical (unpaired) electrons. The summed E-state index contributed by atoms with van der Waals surface area (Å²) in [5, 5.41) is 41.6. The van der Waals surface area contributed by atoms with E-state index in [2.05, 4.69) is 0 Å². The third-order valence-corrected chi connectivity index (χ3v) is 1.41. The molecule has 0 aromatic carbocycles. The van der Waals surface area contributed by atoms with Crippen LogP contribution in [0.3, 0.4) is 0 Å². The van der Waals surface area contributed by atoms with Crippen molar-refractivity contribution in [2.24, 2.45) is 5.73 Å². The number of hydrogen-bond donors (Lipinski definition) is 6. The van der Waals surface area contributed by atoms with Crippen molar-refractivity contribution in [3.05, 3.63) is 0 Å². The van der Waals surface area contributed by atoms with E-state index < -0.39 is 36.4 Å². The summed E-state index contributed by atoms with van der Waals surface area (Å²) in [6.07, 6.45) is -2.29. The number of rotatable bonds is 6. The minimum Gasteiger partial charge on any atom is -0.481 e. The van der Waals surface area contributed by atoms with E-state index in [-0.39, 0.29) is 29.0 Å². The topological polar surface area (TPSA) is 178 Å². The summed E-state index contributed by atoms with van der Waals surface area (Å²) in [5.74, 6) is -5.02. The first-order valence-electron chi connectivity index (χ1n) is 4.40. The molecule has 0 fully saturated rings. The number of aliphatic carboxylic acids is 3. The minimum atomic E-state index is -2.74. The number of carboxylic acids is 3. The zero-order chi connectivity index (χ0) is 14.1. The molecule has 0 spiro atoms. The van der Waals surface area contributed by atoms with Crippen LogP contribution in [-0.2, 0) is 36.8 Å². The van der Waals surface area contributed by atoms with E-state index >= 15 is 0 Å². The van der Waals surface area contributed by atoms with Gasteiger partial charge in [-0.15, -0.1) is 0 Å². The van der Waals surface area contributed by atoms with Crippen molar-refractivity contribution in [2.75, 3.05) is 13.2 Å². The van der Waals surface area contributed by atoms with Crippen LogP contribution in [0.1, 0.15) is 12.8 Å². The molecule has 0 aromatic rings. The summed E-state index contributed by atoms with van der Waals surface area (Å²) in [7, 11) is 0. The molecule has 0 heterocycles. The number of nitrogens with two attached hydrogens (primary N) is 1. The monoisotopic (exact) mass is 360 g/mol. The molecule has 0 bridgehead atoms. The van der Waals surface area contributed by atoms with Gasteiger partial charge in [-0.3, -0.25) is 9.59 Å². The van der Waals surface area contributed by atoms with Gasteiger partial charge in [0.1, 0.15) is 0 Å². The molecular weight excluding hydrogens is 346 g/mol. The van der Waals surface area contributed by atoms with E-state index in [0.29, 0.717) is 6.54 Å². The normalized spacial score (nSPS) is 9.50. The second-order valence-electron chi connectivity index (χ2n) is 2.99. The Labute approximate surface area is 118 Å². The van der Waals surface area contributed by atoms with Crippen LogP contribution in [0.2, 0.25) is 0 Å². The van der Waals surface area contributed by atoms with Crippen LogP contribution < -0.4 is 5.73 Å². The fraction of sp³-hybridized carbons (Fsp3) is 0.625. The number of carboxylic acid groups (broad SMARTS) is 3. The molecule has 0 atom stereocenters. The summed E-state index contributed by atoms with van der Waals surface area (Å²) in [6.45, 7) is 0.472. The number of carbonyl (C=O) groups is 3. The average molecular weight is 361 g/mol. The molecule has 10 heteroatoms. The third-order valence-electron chi connectivity index (χ3n) is 1.41. The van der Waals surface area contributed by atoms with E-state index in [9.17, 15) is 14.4 Å². The van der Waals surface area contributed by atoms with E-state index in [0.717, 1.165) is 0 Å². The Morgan fingerprint density at radius 1 is 1.00 bits per heavy atom. The van der Waals surface area contributed by atoms with Gasteiger partial charge in [-0.25, -0.2) is 4.79 Å². The Kier molecular flexibility index (Phi) is 13.8. The van der Waals surface area contributed by atoms with Gasteiger partial charge < -0.3 is 31.3 Å². The number of hydrogen-bond acceptors (Lipinski definition) is 6. The molecule has 0 saturated heterocycles. The smallest absolute Gasteiger partial charge is 0.336 e. The molecule has 9 nitrogen and oxygen atoms in total. The molecule has 18 heavy (non-hydrogen) atoms. The zero-order valence-electron chi connectivity index (χ0n) is 9.17. The molecule has 0 unspecified atom stereocenters. The SMILES string of the molecule is NCCO.O=C(O)CC(O)(CC(=O)O)C(=O)O.[Ag]. The van der Waals surface area contributed by atoms with E-state index in [1.165, 1.54) is 0 Å². The Balaban J connectivity index is -0.000000392. The van der Waals surface area contributed by atoms with Crippen LogP contribution in [0.15, 0.2) is 0 Å². The Bertz CT molecular complexity index is 264. The molecule has 0 amide bonds.